The van der Waals surface area contributed by atoms with Gasteiger partial charge in [0, 0.05) is 6.04 Å². The summed E-state index contributed by atoms with van der Waals surface area (Å²) >= 11 is 6.02. The largest absolute Gasteiger partial charge is 0.494 e. The number of benzene rings is 1. The van der Waals surface area contributed by atoms with Gasteiger partial charge in [0.1, 0.15) is 17.1 Å². The topological polar surface area (TPSA) is 27.1 Å². The predicted molar refractivity (Wildman–Crippen MR) is 75.5 cm³/mol. The molecule has 3 nitrogen and oxygen atoms in total. The molecule has 0 amide bonds. The summed E-state index contributed by atoms with van der Waals surface area (Å²) in [4.78, 5) is 4.61. The number of rotatable bonds is 5. The Kier molecular flexibility index (Phi) is 4.12. The van der Waals surface area contributed by atoms with Gasteiger partial charge >= 0.3 is 0 Å². The Hall–Kier alpha value is -1.22. The lowest BCUT2D eigenvalue weighted by Gasteiger charge is -2.16. The van der Waals surface area contributed by atoms with E-state index in [2.05, 4.69) is 29.5 Å². The van der Waals surface area contributed by atoms with Crippen LogP contribution in [0, 0.1) is 0 Å². The van der Waals surface area contributed by atoms with Crippen LogP contribution >= 0.6 is 11.6 Å². The van der Waals surface area contributed by atoms with Gasteiger partial charge in [-0.3, -0.25) is 0 Å². The maximum absolute atomic E-state index is 6.02. The van der Waals surface area contributed by atoms with E-state index in [1.54, 1.807) is 7.11 Å². The minimum absolute atomic E-state index is 0.404. The van der Waals surface area contributed by atoms with E-state index in [0.717, 1.165) is 35.4 Å². The van der Waals surface area contributed by atoms with E-state index in [1.165, 1.54) is 0 Å². The summed E-state index contributed by atoms with van der Waals surface area (Å²) in [7, 11) is 1.67. The summed E-state index contributed by atoms with van der Waals surface area (Å²) in [6.07, 6.45) is 2.26. The van der Waals surface area contributed by atoms with Gasteiger partial charge in [-0.05, 0) is 25.5 Å². The highest BCUT2D eigenvalue weighted by molar-refractivity contribution is 6.16. The average Bonchev–Trinajstić information content (AvgIpc) is 2.77. The van der Waals surface area contributed by atoms with Crippen LogP contribution in [-0.4, -0.2) is 16.7 Å². The number of fused-ring (bicyclic) bond motifs is 1. The summed E-state index contributed by atoms with van der Waals surface area (Å²) in [6.45, 7) is 4.40. The van der Waals surface area contributed by atoms with Crippen LogP contribution in [0.5, 0.6) is 5.75 Å². The number of halogens is 1. The van der Waals surface area contributed by atoms with E-state index in [0.29, 0.717) is 11.9 Å². The monoisotopic (exact) mass is 266 g/mol. The van der Waals surface area contributed by atoms with Crippen molar-refractivity contribution in [3.05, 3.63) is 24.0 Å². The third-order valence-corrected chi connectivity index (χ3v) is 3.48. The Morgan fingerprint density at radius 2 is 2.22 bits per heavy atom. The lowest BCUT2D eigenvalue weighted by atomic mass is 10.2. The van der Waals surface area contributed by atoms with Gasteiger partial charge in [0.25, 0.3) is 0 Å². The second-order valence-electron chi connectivity index (χ2n) is 4.50. The molecule has 1 atom stereocenters. The average molecular weight is 267 g/mol. The highest BCUT2D eigenvalue weighted by atomic mass is 35.5. The molecule has 0 fully saturated rings. The smallest absolute Gasteiger partial charge is 0.146 e. The molecule has 98 valence electrons. The second-order valence-corrected chi connectivity index (χ2v) is 4.76. The first-order valence-corrected chi connectivity index (χ1v) is 6.86. The summed E-state index contributed by atoms with van der Waals surface area (Å²) in [5, 5.41) is 0. The first kappa shape index (κ1) is 13.2. The number of methoxy groups -OCH3 is 1. The van der Waals surface area contributed by atoms with Crippen molar-refractivity contribution in [3.8, 4) is 5.75 Å². The van der Waals surface area contributed by atoms with Crippen LogP contribution in [0.4, 0.5) is 0 Å². The zero-order valence-electron chi connectivity index (χ0n) is 11.1. The van der Waals surface area contributed by atoms with Gasteiger partial charge in [0.2, 0.25) is 0 Å². The standard InChI is InChI=1S/C14H19ClN2O/c1-4-6-10(2)17-11-7-5-8-12(18-3)14(11)16-13(17)9-15/h5,7-8,10H,4,6,9H2,1-3H3. The minimum atomic E-state index is 0.404. The Morgan fingerprint density at radius 1 is 1.44 bits per heavy atom. The van der Waals surface area contributed by atoms with Crippen LogP contribution in [0.15, 0.2) is 18.2 Å². The third-order valence-electron chi connectivity index (χ3n) is 3.24. The number of para-hydroxylation sites is 1. The van der Waals surface area contributed by atoms with Crippen molar-refractivity contribution >= 4 is 22.6 Å². The van der Waals surface area contributed by atoms with E-state index >= 15 is 0 Å². The summed E-state index contributed by atoms with van der Waals surface area (Å²) in [6, 6.07) is 6.41. The molecule has 1 unspecified atom stereocenters. The molecule has 0 saturated carbocycles. The van der Waals surface area contributed by atoms with Crippen molar-refractivity contribution in [1.29, 1.82) is 0 Å². The molecule has 1 aromatic heterocycles. The fourth-order valence-electron chi connectivity index (χ4n) is 2.44. The zero-order chi connectivity index (χ0) is 13.1. The molecule has 2 rings (SSSR count). The molecule has 2 aromatic rings. The van der Waals surface area contributed by atoms with Gasteiger partial charge in [-0.2, -0.15) is 0 Å². The van der Waals surface area contributed by atoms with Crippen molar-refractivity contribution in [3.63, 3.8) is 0 Å². The highest BCUT2D eigenvalue weighted by Gasteiger charge is 2.16. The quantitative estimate of drug-likeness (QED) is 0.761. The Bertz CT molecular complexity index is 536. The molecule has 0 spiro atoms. The Morgan fingerprint density at radius 3 is 2.83 bits per heavy atom. The van der Waals surface area contributed by atoms with Gasteiger partial charge in [-0.1, -0.05) is 19.4 Å². The maximum Gasteiger partial charge on any atom is 0.146 e. The van der Waals surface area contributed by atoms with Crippen molar-refractivity contribution in [2.75, 3.05) is 7.11 Å². The van der Waals surface area contributed by atoms with Gasteiger partial charge in [-0.25, -0.2) is 4.98 Å². The molecule has 0 aliphatic heterocycles. The number of alkyl halides is 1. The van der Waals surface area contributed by atoms with Crippen molar-refractivity contribution < 1.29 is 4.74 Å². The van der Waals surface area contributed by atoms with Gasteiger partial charge in [0.05, 0.1) is 18.5 Å². The van der Waals surface area contributed by atoms with E-state index in [4.69, 9.17) is 16.3 Å². The molecule has 1 heterocycles. The van der Waals surface area contributed by atoms with E-state index in [-0.39, 0.29) is 0 Å². The third kappa shape index (κ3) is 2.19. The normalized spacial score (nSPS) is 12.9. The molecule has 18 heavy (non-hydrogen) atoms. The van der Waals surface area contributed by atoms with Crippen molar-refractivity contribution in [1.82, 2.24) is 9.55 Å². The Balaban J connectivity index is 2.62. The molecule has 0 radical (unpaired) electrons. The molecule has 4 heteroatoms. The van der Waals surface area contributed by atoms with Gasteiger partial charge < -0.3 is 9.30 Å². The fraction of sp³-hybridized carbons (Fsp3) is 0.500. The number of hydrogen-bond donors (Lipinski definition) is 0. The predicted octanol–water partition coefficient (Wildman–Crippen LogP) is 4.14. The lowest BCUT2D eigenvalue weighted by Crippen LogP contribution is -2.08. The lowest BCUT2D eigenvalue weighted by molar-refractivity contribution is 0.419. The van der Waals surface area contributed by atoms with E-state index in [9.17, 15) is 0 Å². The fourth-order valence-corrected chi connectivity index (χ4v) is 2.63. The van der Waals surface area contributed by atoms with Gasteiger partial charge in [-0.15, -0.1) is 11.6 Å². The number of imidazole rings is 1. The molecular formula is C14H19ClN2O. The molecule has 1 aromatic carbocycles. The van der Waals surface area contributed by atoms with Crippen LogP contribution in [0.2, 0.25) is 0 Å². The molecule has 0 bridgehead atoms. The number of nitrogens with zero attached hydrogens (tertiary/aromatic N) is 2. The number of hydrogen-bond acceptors (Lipinski definition) is 2. The zero-order valence-corrected chi connectivity index (χ0v) is 11.9. The summed E-state index contributed by atoms with van der Waals surface area (Å²) in [5.74, 6) is 2.14. The number of ether oxygens (including phenoxy) is 1. The SMILES string of the molecule is CCCC(C)n1c(CCl)nc2c(OC)cccc21. The van der Waals surface area contributed by atoms with E-state index in [1.807, 2.05) is 12.1 Å². The van der Waals surface area contributed by atoms with Crippen LogP contribution < -0.4 is 4.74 Å². The van der Waals surface area contributed by atoms with Crippen LogP contribution in [-0.2, 0) is 5.88 Å². The van der Waals surface area contributed by atoms with E-state index < -0.39 is 0 Å². The molecule has 0 N–H and O–H groups in total. The van der Waals surface area contributed by atoms with Crippen molar-refractivity contribution in [2.45, 2.75) is 38.6 Å². The maximum atomic E-state index is 6.02. The number of aromatic nitrogens is 2. The van der Waals surface area contributed by atoms with Gasteiger partial charge in [0.15, 0.2) is 0 Å². The van der Waals surface area contributed by atoms with Crippen LogP contribution in [0.3, 0.4) is 0 Å². The summed E-state index contributed by atoms with van der Waals surface area (Å²) in [5.41, 5.74) is 2.00. The second kappa shape index (κ2) is 5.61. The Labute approximate surface area is 113 Å². The molecule has 0 aliphatic carbocycles. The summed E-state index contributed by atoms with van der Waals surface area (Å²) < 4.78 is 7.59. The first-order valence-electron chi connectivity index (χ1n) is 6.32. The van der Waals surface area contributed by atoms with Crippen molar-refractivity contribution in [2.24, 2.45) is 0 Å². The first-order chi connectivity index (χ1) is 8.72. The highest BCUT2D eigenvalue weighted by Crippen LogP contribution is 2.30. The van der Waals surface area contributed by atoms with Crippen LogP contribution in [0.25, 0.3) is 11.0 Å². The minimum Gasteiger partial charge on any atom is -0.494 e. The van der Waals surface area contributed by atoms with Crippen LogP contribution in [0.1, 0.15) is 38.6 Å². The molecule has 0 aliphatic rings. The molecule has 0 saturated heterocycles. The molecular weight excluding hydrogens is 248 g/mol.